The van der Waals surface area contributed by atoms with Crippen LogP contribution in [-0.4, -0.2) is 17.4 Å². The van der Waals surface area contributed by atoms with Crippen LogP contribution in [0.5, 0.6) is 0 Å². The summed E-state index contributed by atoms with van der Waals surface area (Å²) in [4.78, 5) is 22.9. The lowest BCUT2D eigenvalue weighted by atomic mass is 10.1. The van der Waals surface area contributed by atoms with Gasteiger partial charge in [0.2, 0.25) is 5.91 Å². The summed E-state index contributed by atoms with van der Waals surface area (Å²) in [5, 5.41) is 17.5. The zero-order chi connectivity index (χ0) is 18.6. The van der Waals surface area contributed by atoms with Crippen LogP contribution >= 0.6 is 11.6 Å². The van der Waals surface area contributed by atoms with Gasteiger partial charge in [0.1, 0.15) is 5.69 Å². The van der Waals surface area contributed by atoms with Crippen LogP contribution in [0.2, 0.25) is 5.02 Å². The number of nitro benzene ring substituents is 1. The topological polar surface area (TPSA) is 84.3 Å². The molecule has 0 heterocycles. The number of aryl methyl sites for hydroxylation is 2. The van der Waals surface area contributed by atoms with Crippen molar-refractivity contribution in [1.29, 1.82) is 0 Å². The van der Waals surface area contributed by atoms with Crippen molar-refractivity contribution in [2.24, 2.45) is 0 Å². The van der Waals surface area contributed by atoms with Crippen molar-refractivity contribution in [1.82, 2.24) is 5.32 Å². The number of hydrogen-bond acceptors (Lipinski definition) is 4. The molecule has 0 saturated carbocycles. The van der Waals surface area contributed by atoms with Gasteiger partial charge in [-0.25, -0.2) is 0 Å². The number of halogens is 1. The number of amides is 1. The summed E-state index contributed by atoms with van der Waals surface area (Å²) in [7, 11) is 0. The molecule has 0 unspecified atom stereocenters. The zero-order valence-electron chi connectivity index (χ0n) is 14.3. The Balaban J connectivity index is 2.05. The second-order valence-corrected chi connectivity index (χ2v) is 6.29. The number of anilines is 1. The van der Waals surface area contributed by atoms with Gasteiger partial charge in [0.15, 0.2) is 0 Å². The van der Waals surface area contributed by atoms with Gasteiger partial charge >= 0.3 is 0 Å². The molecule has 2 aromatic carbocycles. The molecular formula is C18H20ClN3O3. The third-order valence-corrected chi connectivity index (χ3v) is 4.37. The average Bonchev–Trinajstić information content (AvgIpc) is 2.56. The minimum atomic E-state index is -0.498. The fraction of sp³-hybridized carbons (Fsp3) is 0.278. The summed E-state index contributed by atoms with van der Waals surface area (Å²) in [5.41, 5.74) is 2.64. The maximum atomic E-state index is 12.2. The van der Waals surface area contributed by atoms with Gasteiger partial charge in [-0.2, -0.15) is 0 Å². The van der Waals surface area contributed by atoms with Gasteiger partial charge in [-0.1, -0.05) is 29.8 Å². The van der Waals surface area contributed by atoms with E-state index in [0.29, 0.717) is 5.02 Å². The van der Waals surface area contributed by atoms with Gasteiger partial charge in [0.05, 0.1) is 11.5 Å². The molecule has 0 aromatic heterocycles. The highest BCUT2D eigenvalue weighted by atomic mass is 35.5. The molecule has 2 aromatic rings. The van der Waals surface area contributed by atoms with Crippen LogP contribution in [0.25, 0.3) is 0 Å². The van der Waals surface area contributed by atoms with E-state index in [1.54, 1.807) is 19.1 Å². The van der Waals surface area contributed by atoms with Crippen LogP contribution < -0.4 is 10.6 Å². The molecule has 1 atom stereocenters. The van der Waals surface area contributed by atoms with Gasteiger partial charge in [0, 0.05) is 17.1 Å². The monoisotopic (exact) mass is 361 g/mol. The number of rotatable bonds is 6. The second kappa shape index (κ2) is 8.09. The van der Waals surface area contributed by atoms with E-state index in [2.05, 4.69) is 10.6 Å². The number of nitro groups is 1. The summed E-state index contributed by atoms with van der Waals surface area (Å²) >= 11 is 6.14. The number of carbonyl (C=O) groups is 1. The zero-order valence-corrected chi connectivity index (χ0v) is 15.1. The summed E-state index contributed by atoms with van der Waals surface area (Å²) < 4.78 is 0. The highest BCUT2D eigenvalue weighted by Gasteiger charge is 2.18. The van der Waals surface area contributed by atoms with Crippen molar-refractivity contribution >= 4 is 28.9 Å². The van der Waals surface area contributed by atoms with Crippen LogP contribution in [-0.2, 0) is 4.79 Å². The first kappa shape index (κ1) is 18.9. The molecular weight excluding hydrogens is 342 g/mol. The van der Waals surface area contributed by atoms with Gasteiger partial charge in [-0.05, 0) is 49.6 Å². The SMILES string of the molecule is Cc1cc(NC(=O)CN[C@H](C)c2ccccc2Cl)c([N+](=O)[O-])cc1C. The molecule has 0 bridgehead atoms. The lowest BCUT2D eigenvalue weighted by molar-refractivity contribution is -0.384. The Labute approximate surface area is 151 Å². The normalized spacial score (nSPS) is 11.8. The van der Waals surface area contributed by atoms with Crippen molar-refractivity contribution in [2.75, 3.05) is 11.9 Å². The molecule has 0 radical (unpaired) electrons. The summed E-state index contributed by atoms with van der Waals surface area (Å²) in [5.74, 6) is -0.356. The van der Waals surface area contributed by atoms with E-state index in [-0.39, 0.29) is 29.9 Å². The number of nitrogens with one attached hydrogen (secondary N) is 2. The van der Waals surface area contributed by atoms with E-state index in [1.807, 2.05) is 32.0 Å². The van der Waals surface area contributed by atoms with E-state index in [9.17, 15) is 14.9 Å². The van der Waals surface area contributed by atoms with Crippen molar-refractivity contribution < 1.29 is 9.72 Å². The highest BCUT2D eigenvalue weighted by Crippen LogP contribution is 2.28. The standard InChI is InChI=1S/C18H20ClN3O3/c1-11-8-16(17(22(24)25)9-12(11)2)21-18(23)10-20-13(3)14-6-4-5-7-15(14)19/h4-9,13,20H,10H2,1-3H3,(H,21,23)/t13-/m1/s1. The van der Waals surface area contributed by atoms with E-state index in [0.717, 1.165) is 16.7 Å². The Hall–Kier alpha value is -2.44. The third kappa shape index (κ3) is 4.78. The predicted octanol–water partition coefficient (Wildman–Crippen LogP) is 4.15. The predicted molar refractivity (Wildman–Crippen MR) is 99.1 cm³/mol. The Morgan fingerprint density at radius 1 is 1.24 bits per heavy atom. The molecule has 6 nitrogen and oxygen atoms in total. The molecule has 0 saturated heterocycles. The Morgan fingerprint density at radius 2 is 1.88 bits per heavy atom. The fourth-order valence-corrected chi connectivity index (χ4v) is 2.73. The Bertz CT molecular complexity index is 808. The first-order chi connectivity index (χ1) is 11.8. The number of nitrogens with zero attached hydrogens (tertiary/aromatic N) is 1. The summed E-state index contributed by atoms with van der Waals surface area (Å²) in [6, 6.07) is 10.3. The van der Waals surface area contributed by atoms with Crippen LogP contribution in [0.3, 0.4) is 0 Å². The first-order valence-corrected chi connectivity index (χ1v) is 8.20. The highest BCUT2D eigenvalue weighted by molar-refractivity contribution is 6.31. The minimum Gasteiger partial charge on any atom is -0.319 e. The van der Waals surface area contributed by atoms with E-state index < -0.39 is 4.92 Å². The van der Waals surface area contributed by atoms with Crippen molar-refractivity contribution in [2.45, 2.75) is 26.8 Å². The number of carbonyl (C=O) groups excluding carboxylic acids is 1. The van der Waals surface area contributed by atoms with Gasteiger partial charge in [0.25, 0.3) is 5.69 Å². The van der Waals surface area contributed by atoms with Crippen LogP contribution in [0.1, 0.15) is 29.7 Å². The molecule has 2 N–H and O–H groups in total. The molecule has 25 heavy (non-hydrogen) atoms. The van der Waals surface area contributed by atoms with Gasteiger partial charge in [-0.15, -0.1) is 0 Å². The average molecular weight is 362 g/mol. The molecule has 0 spiro atoms. The molecule has 2 rings (SSSR count). The maximum absolute atomic E-state index is 12.2. The third-order valence-electron chi connectivity index (χ3n) is 4.02. The van der Waals surface area contributed by atoms with Crippen LogP contribution in [0, 0.1) is 24.0 Å². The van der Waals surface area contributed by atoms with Crippen molar-refractivity contribution in [3.63, 3.8) is 0 Å². The second-order valence-electron chi connectivity index (χ2n) is 5.88. The molecule has 7 heteroatoms. The largest absolute Gasteiger partial charge is 0.319 e. The first-order valence-electron chi connectivity index (χ1n) is 7.83. The molecule has 1 amide bonds. The van der Waals surface area contributed by atoms with Crippen molar-refractivity contribution in [3.8, 4) is 0 Å². The maximum Gasteiger partial charge on any atom is 0.293 e. The van der Waals surface area contributed by atoms with E-state index in [4.69, 9.17) is 11.6 Å². The summed E-state index contributed by atoms with van der Waals surface area (Å²) in [6.07, 6.45) is 0. The fourth-order valence-electron chi connectivity index (χ4n) is 2.43. The molecule has 132 valence electrons. The lowest BCUT2D eigenvalue weighted by Gasteiger charge is -2.15. The summed E-state index contributed by atoms with van der Waals surface area (Å²) in [6.45, 7) is 5.54. The lowest BCUT2D eigenvalue weighted by Crippen LogP contribution is -2.30. The smallest absolute Gasteiger partial charge is 0.293 e. The molecule has 0 aliphatic heterocycles. The van der Waals surface area contributed by atoms with Gasteiger partial charge < -0.3 is 10.6 Å². The number of benzene rings is 2. The van der Waals surface area contributed by atoms with Crippen molar-refractivity contribution in [3.05, 3.63) is 68.2 Å². The Morgan fingerprint density at radius 3 is 2.52 bits per heavy atom. The molecule has 0 aliphatic rings. The van der Waals surface area contributed by atoms with E-state index >= 15 is 0 Å². The van der Waals surface area contributed by atoms with E-state index in [1.165, 1.54) is 6.07 Å². The Kier molecular flexibility index (Phi) is 6.12. The van der Waals surface area contributed by atoms with Gasteiger partial charge in [-0.3, -0.25) is 14.9 Å². The van der Waals surface area contributed by atoms with Crippen LogP contribution in [0.15, 0.2) is 36.4 Å². The minimum absolute atomic E-state index is 0.0104. The quantitative estimate of drug-likeness (QED) is 0.597. The molecule has 0 aliphatic carbocycles. The number of hydrogen-bond donors (Lipinski definition) is 2. The molecule has 0 fully saturated rings. The van der Waals surface area contributed by atoms with Crippen LogP contribution in [0.4, 0.5) is 11.4 Å².